The molecule has 0 saturated heterocycles. The van der Waals surface area contributed by atoms with Crippen molar-refractivity contribution in [3.63, 3.8) is 0 Å². The first-order valence-corrected chi connectivity index (χ1v) is 10.2. The molecule has 0 radical (unpaired) electrons. The SMILES string of the molecule is COc1ccc(S(=O)(=O)NC2CC2)cc1NC(=O)CC(N)c1ccccc1.Cl. The second-order valence-electron chi connectivity index (χ2n) is 6.53. The number of hydrogen-bond acceptors (Lipinski definition) is 5. The Morgan fingerprint density at radius 1 is 1.21 bits per heavy atom. The first-order chi connectivity index (χ1) is 12.9. The molecule has 2 aromatic rings. The molecule has 1 amide bonds. The van der Waals surface area contributed by atoms with Crippen molar-refractivity contribution in [3.05, 3.63) is 54.1 Å². The summed E-state index contributed by atoms with van der Waals surface area (Å²) in [4.78, 5) is 12.5. The molecule has 1 aliphatic carbocycles. The summed E-state index contributed by atoms with van der Waals surface area (Å²) in [6, 6.07) is 13.2. The quantitative estimate of drug-likeness (QED) is 0.602. The first-order valence-electron chi connectivity index (χ1n) is 8.70. The zero-order valence-electron chi connectivity index (χ0n) is 15.4. The standard InChI is InChI=1S/C19H23N3O4S.ClH/c1-26-18-10-9-15(27(24,25)22-14-7-8-14)11-17(18)21-19(23)12-16(20)13-5-3-2-4-6-13;/h2-6,9-11,14,16,22H,7-8,12,20H2,1H3,(H,21,23);1H. The Morgan fingerprint density at radius 2 is 1.89 bits per heavy atom. The molecule has 152 valence electrons. The summed E-state index contributed by atoms with van der Waals surface area (Å²) in [7, 11) is -2.17. The van der Waals surface area contributed by atoms with E-state index in [1.807, 2.05) is 30.3 Å². The highest BCUT2D eigenvalue weighted by atomic mass is 35.5. The third-order valence-electron chi connectivity index (χ3n) is 4.29. The monoisotopic (exact) mass is 425 g/mol. The van der Waals surface area contributed by atoms with E-state index in [1.54, 1.807) is 0 Å². The number of carbonyl (C=O) groups excluding carboxylic acids is 1. The maximum Gasteiger partial charge on any atom is 0.240 e. The van der Waals surface area contributed by atoms with E-state index in [-0.39, 0.29) is 35.7 Å². The van der Waals surface area contributed by atoms with Crippen LogP contribution in [0.25, 0.3) is 0 Å². The van der Waals surface area contributed by atoms with Crippen LogP contribution in [-0.4, -0.2) is 27.5 Å². The van der Waals surface area contributed by atoms with E-state index in [0.717, 1.165) is 18.4 Å². The number of carbonyl (C=O) groups is 1. The van der Waals surface area contributed by atoms with Gasteiger partial charge in [0, 0.05) is 18.5 Å². The van der Waals surface area contributed by atoms with Crippen LogP contribution in [0.4, 0.5) is 5.69 Å². The Labute approximate surface area is 171 Å². The number of nitrogens with two attached hydrogens (primary N) is 1. The van der Waals surface area contributed by atoms with Crippen LogP contribution in [0.15, 0.2) is 53.4 Å². The van der Waals surface area contributed by atoms with Gasteiger partial charge in [0.15, 0.2) is 0 Å². The fraction of sp³-hybridized carbons (Fsp3) is 0.316. The maximum absolute atomic E-state index is 12.4. The summed E-state index contributed by atoms with van der Waals surface area (Å²) < 4.78 is 32.6. The smallest absolute Gasteiger partial charge is 0.240 e. The fourth-order valence-corrected chi connectivity index (χ4v) is 3.99. The molecule has 1 atom stereocenters. The number of anilines is 1. The van der Waals surface area contributed by atoms with Crippen LogP contribution in [0.1, 0.15) is 30.9 Å². The third kappa shape index (κ3) is 5.68. The van der Waals surface area contributed by atoms with Crippen molar-refractivity contribution in [2.45, 2.75) is 36.2 Å². The van der Waals surface area contributed by atoms with Crippen molar-refractivity contribution >= 4 is 34.0 Å². The number of methoxy groups -OCH3 is 1. The van der Waals surface area contributed by atoms with Gasteiger partial charge in [-0.3, -0.25) is 4.79 Å². The molecule has 4 N–H and O–H groups in total. The van der Waals surface area contributed by atoms with E-state index in [4.69, 9.17) is 10.5 Å². The molecule has 1 fully saturated rings. The normalized spacial score (nSPS) is 14.6. The Kier molecular flexibility index (Phi) is 7.42. The second kappa shape index (κ2) is 9.38. The van der Waals surface area contributed by atoms with Gasteiger partial charge in [-0.25, -0.2) is 13.1 Å². The van der Waals surface area contributed by atoms with Gasteiger partial charge in [0.1, 0.15) is 5.75 Å². The number of halogens is 1. The summed E-state index contributed by atoms with van der Waals surface area (Å²) in [5.41, 5.74) is 7.23. The minimum atomic E-state index is -3.63. The third-order valence-corrected chi connectivity index (χ3v) is 5.81. The molecule has 1 aliphatic rings. The Hall–Kier alpha value is -2.13. The number of hydrogen-bond donors (Lipinski definition) is 3. The van der Waals surface area contributed by atoms with Crippen molar-refractivity contribution < 1.29 is 17.9 Å². The molecule has 2 aromatic carbocycles. The van der Waals surface area contributed by atoms with Crippen LogP contribution < -0.4 is 20.5 Å². The molecular weight excluding hydrogens is 402 g/mol. The molecule has 0 spiro atoms. The molecule has 0 aliphatic heterocycles. The van der Waals surface area contributed by atoms with Crippen LogP contribution in [0, 0.1) is 0 Å². The van der Waals surface area contributed by atoms with Crippen LogP contribution >= 0.6 is 12.4 Å². The van der Waals surface area contributed by atoms with E-state index < -0.39 is 16.1 Å². The van der Waals surface area contributed by atoms with E-state index in [1.165, 1.54) is 25.3 Å². The van der Waals surface area contributed by atoms with Crippen LogP contribution in [0.5, 0.6) is 5.75 Å². The minimum Gasteiger partial charge on any atom is -0.495 e. The average Bonchev–Trinajstić information content (AvgIpc) is 3.45. The van der Waals surface area contributed by atoms with Crippen LogP contribution in [0.3, 0.4) is 0 Å². The number of rotatable bonds is 8. The van der Waals surface area contributed by atoms with Crippen molar-refractivity contribution in [2.75, 3.05) is 12.4 Å². The largest absolute Gasteiger partial charge is 0.495 e. The van der Waals surface area contributed by atoms with Gasteiger partial charge in [-0.1, -0.05) is 30.3 Å². The van der Waals surface area contributed by atoms with Gasteiger partial charge < -0.3 is 15.8 Å². The number of sulfonamides is 1. The van der Waals surface area contributed by atoms with Gasteiger partial charge in [-0.15, -0.1) is 12.4 Å². The van der Waals surface area contributed by atoms with E-state index in [9.17, 15) is 13.2 Å². The molecule has 0 bridgehead atoms. The van der Waals surface area contributed by atoms with Crippen molar-refractivity contribution in [2.24, 2.45) is 5.73 Å². The lowest BCUT2D eigenvalue weighted by Gasteiger charge is -2.15. The lowest BCUT2D eigenvalue weighted by atomic mass is 10.0. The van der Waals surface area contributed by atoms with Gasteiger partial charge >= 0.3 is 0 Å². The molecule has 28 heavy (non-hydrogen) atoms. The lowest BCUT2D eigenvalue weighted by Crippen LogP contribution is -2.26. The highest BCUT2D eigenvalue weighted by molar-refractivity contribution is 7.89. The van der Waals surface area contributed by atoms with E-state index in [2.05, 4.69) is 10.0 Å². The van der Waals surface area contributed by atoms with Gasteiger partial charge in [-0.05, 0) is 36.6 Å². The van der Waals surface area contributed by atoms with Crippen LogP contribution in [0.2, 0.25) is 0 Å². The predicted molar refractivity (Wildman–Crippen MR) is 110 cm³/mol. The molecule has 0 heterocycles. The maximum atomic E-state index is 12.4. The summed E-state index contributed by atoms with van der Waals surface area (Å²) in [5.74, 6) is 0.0522. The highest BCUT2D eigenvalue weighted by Crippen LogP contribution is 2.29. The topological polar surface area (TPSA) is 111 Å². The summed E-state index contributed by atoms with van der Waals surface area (Å²) in [6.45, 7) is 0. The van der Waals surface area contributed by atoms with Crippen molar-refractivity contribution in [1.82, 2.24) is 4.72 Å². The zero-order valence-corrected chi connectivity index (χ0v) is 17.1. The van der Waals surface area contributed by atoms with Gasteiger partial charge in [-0.2, -0.15) is 0 Å². The molecule has 7 nitrogen and oxygen atoms in total. The summed E-state index contributed by atoms with van der Waals surface area (Å²) in [5, 5.41) is 2.71. The Bertz CT molecular complexity index is 918. The highest BCUT2D eigenvalue weighted by Gasteiger charge is 2.28. The number of ether oxygens (including phenoxy) is 1. The molecule has 3 rings (SSSR count). The summed E-state index contributed by atoms with van der Waals surface area (Å²) >= 11 is 0. The Morgan fingerprint density at radius 3 is 2.50 bits per heavy atom. The van der Waals surface area contributed by atoms with Crippen molar-refractivity contribution in [3.8, 4) is 5.75 Å². The number of nitrogens with one attached hydrogen (secondary N) is 2. The second-order valence-corrected chi connectivity index (χ2v) is 8.24. The fourth-order valence-electron chi connectivity index (χ4n) is 2.66. The van der Waals surface area contributed by atoms with Gasteiger partial charge in [0.25, 0.3) is 0 Å². The predicted octanol–water partition coefficient (Wildman–Crippen LogP) is 2.59. The van der Waals surface area contributed by atoms with E-state index in [0.29, 0.717) is 11.4 Å². The molecular formula is C19H24ClN3O4S. The van der Waals surface area contributed by atoms with Crippen molar-refractivity contribution in [1.29, 1.82) is 0 Å². The van der Waals surface area contributed by atoms with Gasteiger partial charge in [0.2, 0.25) is 15.9 Å². The first kappa shape index (κ1) is 22.2. The molecule has 1 unspecified atom stereocenters. The number of benzene rings is 2. The molecule has 1 saturated carbocycles. The minimum absolute atomic E-state index is 0. The van der Waals surface area contributed by atoms with Gasteiger partial charge in [0.05, 0.1) is 17.7 Å². The number of amides is 1. The molecule has 9 heteroatoms. The molecule has 0 aromatic heterocycles. The average molecular weight is 426 g/mol. The zero-order chi connectivity index (χ0) is 19.4. The lowest BCUT2D eigenvalue weighted by molar-refractivity contribution is -0.116. The van der Waals surface area contributed by atoms with Crippen LogP contribution in [-0.2, 0) is 14.8 Å². The summed E-state index contributed by atoms with van der Waals surface area (Å²) in [6.07, 6.45) is 1.75. The Balaban J connectivity index is 0.00000280. The van der Waals surface area contributed by atoms with E-state index >= 15 is 0 Å².